The van der Waals surface area contributed by atoms with Crippen molar-refractivity contribution in [2.24, 2.45) is 11.8 Å². The number of allylic oxidation sites excluding steroid dienone is 6. The van der Waals surface area contributed by atoms with E-state index in [4.69, 9.17) is 4.74 Å². The van der Waals surface area contributed by atoms with Crippen LogP contribution in [0.15, 0.2) is 59.1 Å². The van der Waals surface area contributed by atoms with Gasteiger partial charge >= 0.3 is 0 Å². The first-order valence-electron chi connectivity index (χ1n) is 10.8. The number of rotatable bonds is 11. The minimum absolute atomic E-state index is 0.547. The molecule has 0 fully saturated rings. The highest BCUT2D eigenvalue weighted by molar-refractivity contribution is 5.38. The normalized spacial score (nSPS) is 13.6. The Labute approximate surface area is 171 Å². The molecule has 0 saturated carbocycles. The van der Waals surface area contributed by atoms with Crippen molar-refractivity contribution in [3.05, 3.63) is 59.1 Å². The van der Waals surface area contributed by atoms with Crippen LogP contribution in [-0.4, -0.2) is 0 Å². The Morgan fingerprint density at radius 3 is 1.85 bits per heavy atom. The number of hydrogen-bond acceptors (Lipinski definition) is 1. The lowest BCUT2D eigenvalue weighted by atomic mass is 9.95. The minimum Gasteiger partial charge on any atom is -0.457 e. The van der Waals surface area contributed by atoms with Gasteiger partial charge in [-0.3, -0.25) is 0 Å². The van der Waals surface area contributed by atoms with Crippen molar-refractivity contribution in [1.82, 2.24) is 0 Å². The maximum atomic E-state index is 6.44. The molecule has 0 aliphatic heterocycles. The third-order valence-corrected chi connectivity index (χ3v) is 4.22. The molecule has 1 nitrogen and oxygen atoms in total. The summed E-state index contributed by atoms with van der Waals surface area (Å²) in [6.07, 6.45) is 8.08. The molecule has 27 heavy (non-hydrogen) atoms. The monoisotopic (exact) mass is 374 g/mol. The van der Waals surface area contributed by atoms with Crippen LogP contribution < -0.4 is 0 Å². The lowest BCUT2D eigenvalue weighted by Gasteiger charge is -2.21. The molecule has 0 saturated heterocycles. The molecule has 0 bridgehead atoms. The zero-order valence-corrected chi connectivity index (χ0v) is 20.0. The first-order valence-corrected chi connectivity index (χ1v) is 10.8. The smallest absolute Gasteiger partial charge is 0.132 e. The van der Waals surface area contributed by atoms with Crippen LogP contribution in [-0.2, 0) is 4.74 Å². The summed E-state index contributed by atoms with van der Waals surface area (Å²) in [7, 11) is 0. The highest BCUT2D eigenvalue weighted by Gasteiger charge is 2.15. The molecule has 0 aromatic rings. The topological polar surface area (TPSA) is 9.23 Å². The van der Waals surface area contributed by atoms with Crippen molar-refractivity contribution >= 4 is 0 Å². The van der Waals surface area contributed by atoms with E-state index >= 15 is 0 Å². The van der Waals surface area contributed by atoms with Crippen molar-refractivity contribution < 1.29 is 4.74 Å². The molecule has 0 aliphatic carbocycles. The molecule has 0 aliphatic rings. The molecule has 0 spiro atoms. The second-order valence-electron chi connectivity index (χ2n) is 7.68. The van der Waals surface area contributed by atoms with Crippen molar-refractivity contribution in [2.45, 2.75) is 94.9 Å². The van der Waals surface area contributed by atoms with Crippen LogP contribution in [0.3, 0.4) is 0 Å². The molecule has 0 heterocycles. The molecule has 0 N–H and O–H groups in total. The van der Waals surface area contributed by atoms with Crippen LogP contribution >= 0.6 is 0 Å². The molecule has 0 atom stereocenters. The van der Waals surface area contributed by atoms with Gasteiger partial charge in [-0.1, -0.05) is 80.2 Å². The maximum absolute atomic E-state index is 6.44. The van der Waals surface area contributed by atoms with E-state index in [9.17, 15) is 0 Å². The fourth-order valence-corrected chi connectivity index (χ4v) is 2.91. The van der Waals surface area contributed by atoms with Gasteiger partial charge in [0, 0.05) is 0 Å². The van der Waals surface area contributed by atoms with Crippen LogP contribution in [0.5, 0.6) is 0 Å². The van der Waals surface area contributed by atoms with Gasteiger partial charge < -0.3 is 4.74 Å². The highest BCUT2D eigenvalue weighted by Crippen LogP contribution is 2.30. The molecular weight excluding hydrogens is 328 g/mol. The predicted molar refractivity (Wildman–Crippen MR) is 125 cm³/mol. The Morgan fingerprint density at radius 2 is 1.48 bits per heavy atom. The first-order chi connectivity index (χ1) is 12.7. The molecule has 0 unspecified atom stereocenters. The molecule has 0 aromatic carbocycles. The van der Waals surface area contributed by atoms with E-state index in [1.807, 2.05) is 26.8 Å². The third kappa shape index (κ3) is 11.1. The van der Waals surface area contributed by atoms with E-state index in [2.05, 4.69) is 67.7 Å². The summed E-state index contributed by atoms with van der Waals surface area (Å²) < 4.78 is 6.44. The lowest BCUT2D eigenvalue weighted by molar-refractivity contribution is 0.312. The summed E-state index contributed by atoms with van der Waals surface area (Å²) >= 11 is 0. The summed E-state index contributed by atoms with van der Waals surface area (Å²) in [5, 5.41) is 0. The van der Waals surface area contributed by atoms with E-state index in [1.54, 1.807) is 0 Å². The van der Waals surface area contributed by atoms with Crippen molar-refractivity contribution in [3.63, 3.8) is 0 Å². The lowest BCUT2D eigenvalue weighted by Crippen LogP contribution is -2.05. The Morgan fingerprint density at radius 1 is 0.963 bits per heavy atom. The zero-order chi connectivity index (χ0) is 21.6. The molecule has 156 valence electrons. The van der Waals surface area contributed by atoms with Crippen molar-refractivity contribution in [2.75, 3.05) is 0 Å². The van der Waals surface area contributed by atoms with Crippen LogP contribution in [0, 0.1) is 11.8 Å². The Kier molecular flexibility index (Phi) is 16.0. The van der Waals surface area contributed by atoms with Crippen molar-refractivity contribution in [3.8, 4) is 0 Å². The van der Waals surface area contributed by atoms with Gasteiger partial charge in [-0.15, -0.1) is 0 Å². The average Bonchev–Trinajstić information content (AvgIpc) is 2.62. The van der Waals surface area contributed by atoms with E-state index in [1.165, 1.54) is 11.1 Å². The minimum atomic E-state index is 0.547. The number of hydrogen-bond donors (Lipinski definition) is 0. The van der Waals surface area contributed by atoms with Crippen LogP contribution in [0.25, 0.3) is 0 Å². The largest absolute Gasteiger partial charge is 0.457 e. The molecule has 0 rings (SSSR count). The molecule has 0 amide bonds. The predicted octanol–water partition coefficient (Wildman–Crippen LogP) is 9.16. The van der Waals surface area contributed by atoms with Gasteiger partial charge in [0.05, 0.1) is 0 Å². The summed E-state index contributed by atoms with van der Waals surface area (Å²) in [6, 6.07) is 0. The van der Waals surface area contributed by atoms with Gasteiger partial charge in [0.25, 0.3) is 0 Å². The first kappa shape index (κ1) is 27.7. The summed E-state index contributed by atoms with van der Waals surface area (Å²) in [4.78, 5) is 0. The van der Waals surface area contributed by atoms with Gasteiger partial charge in [0.2, 0.25) is 0 Å². The molecule has 1 heteroatoms. The van der Waals surface area contributed by atoms with Gasteiger partial charge in [-0.05, 0) is 74.2 Å². The average molecular weight is 375 g/mol. The SMILES string of the molecule is C=C/C(C)=C(/OC(=C/CC)/C(C)=C(\CC)CC(C)C)C(=C)CC(C)C.CC. The zero-order valence-electron chi connectivity index (χ0n) is 20.0. The summed E-state index contributed by atoms with van der Waals surface area (Å²) in [5.41, 5.74) is 4.83. The van der Waals surface area contributed by atoms with Crippen LogP contribution in [0.2, 0.25) is 0 Å². The van der Waals surface area contributed by atoms with E-state index in [-0.39, 0.29) is 0 Å². The Bertz CT molecular complexity index is 539. The quantitative estimate of drug-likeness (QED) is 0.259. The second-order valence-corrected chi connectivity index (χ2v) is 7.68. The van der Waals surface area contributed by atoms with Gasteiger partial charge in [0.15, 0.2) is 0 Å². The van der Waals surface area contributed by atoms with E-state index in [0.717, 1.165) is 48.3 Å². The van der Waals surface area contributed by atoms with Crippen LogP contribution in [0.1, 0.15) is 94.9 Å². The third-order valence-electron chi connectivity index (χ3n) is 4.22. The fourth-order valence-electron chi connectivity index (χ4n) is 2.91. The highest BCUT2D eigenvalue weighted by atomic mass is 16.5. The fraction of sp³-hybridized carbons (Fsp3) is 0.615. The molecule has 0 aromatic heterocycles. The molecule has 0 radical (unpaired) electrons. The van der Waals surface area contributed by atoms with Crippen LogP contribution in [0.4, 0.5) is 0 Å². The standard InChI is InChI=1S/C24H40O.C2H6/c1-11-14-23(21(10)22(13-3)16-18(6)7)25-24(19(8)12-2)20(9)15-17(4)5;1-2/h12,14,17-18H,2,9,11,13,15-16H2,1,3-8,10H3;1-2H3/b22-21+,23-14+,24-19+;. The molecular formula is C26H46O. The Hall–Kier alpha value is -1.50. The summed E-state index contributed by atoms with van der Waals surface area (Å²) in [5.74, 6) is 3.04. The van der Waals surface area contributed by atoms with Gasteiger partial charge in [0.1, 0.15) is 11.5 Å². The van der Waals surface area contributed by atoms with E-state index in [0.29, 0.717) is 11.8 Å². The van der Waals surface area contributed by atoms with Gasteiger partial charge in [-0.2, -0.15) is 0 Å². The number of ether oxygens (including phenoxy) is 1. The van der Waals surface area contributed by atoms with E-state index < -0.39 is 0 Å². The second kappa shape index (κ2) is 15.5. The summed E-state index contributed by atoms with van der Waals surface area (Å²) in [6.45, 7) is 29.8. The maximum Gasteiger partial charge on any atom is 0.132 e. The Balaban J connectivity index is 0. The van der Waals surface area contributed by atoms with Gasteiger partial charge in [-0.25, -0.2) is 0 Å². The van der Waals surface area contributed by atoms with Crippen molar-refractivity contribution in [1.29, 1.82) is 0 Å².